The first-order valence-corrected chi connectivity index (χ1v) is 11.6. The SMILES string of the molecule is CCN(CC)CCN1C(=O)C(=O)/C(=C(\O)c2ccc(OC)cc2)C1c1ccc(C(C)C)cc1. The number of aliphatic hydroxyl groups excluding tert-OH is 1. The Morgan fingerprint density at radius 3 is 2.15 bits per heavy atom. The third-order valence-electron chi connectivity index (χ3n) is 6.37. The number of nitrogens with zero attached hydrogens (tertiary/aromatic N) is 2. The average Bonchev–Trinajstić information content (AvgIpc) is 3.09. The van der Waals surface area contributed by atoms with Crippen molar-refractivity contribution in [3.63, 3.8) is 0 Å². The molecule has 0 spiro atoms. The number of likely N-dealkylation sites (tertiary alicyclic amines) is 1. The zero-order valence-corrected chi connectivity index (χ0v) is 20.2. The Hall–Kier alpha value is -3.12. The molecule has 2 aromatic carbocycles. The highest BCUT2D eigenvalue weighted by atomic mass is 16.5. The highest BCUT2D eigenvalue weighted by Crippen LogP contribution is 2.39. The van der Waals surface area contributed by atoms with Crippen molar-refractivity contribution in [1.29, 1.82) is 0 Å². The van der Waals surface area contributed by atoms with Gasteiger partial charge < -0.3 is 19.6 Å². The Bertz CT molecular complexity index is 1010. The summed E-state index contributed by atoms with van der Waals surface area (Å²) in [5.74, 6) is -0.380. The lowest BCUT2D eigenvalue weighted by Crippen LogP contribution is -2.38. The van der Waals surface area contributed by atoms with Gasteiger partial charge in [-0.05, 0) is 54.4 Å². The molecule has 176 valence electrons. The molecule has 1 unspecified atom stereocenters. The number of likely N-dealkylation sites (N-methyl/N-ethyl adjacent to an activating group) is 1. The van der Waals surface area contributed by atoms with E-state index in [1.165, 1.54) is 5.56 Å². The zero-order valence-electron chi connectivity index (χ0n) is 20.2. The summed E-state index contributed by atoms with van der Waals surface area (Å²) in [6.07, 6.45) is 0. The lowest BCUT2D eigenvalue weighted by atomic mass is 9.93. The van der Waals surface area contributed by atoms with Crippen LogP contribution in [0.3, 0.4) is 0 Å². The molecule has 0 aromatic heterocycles. The Morgan fingerprint density at radius 2 is 1.64 bits per heavy atom. The van der Waals surface area contributed by atoms with Crippen LogP contribution >= 0.6 is 0 Å². The van der Waals surface area contributed by atoms with E-state index in [-0.39, 0.29) is 11.3 Å². The maximum atomic E-state index is 13.1. The van der Waals surface area contributed by atoms with Crippen molar-refractivity contribution < 1.29 is 19.4 Å². The molecule has 2 aromatic rings. The van der Waals surface area contributed by atoms with Gasteiger partial charge in [0.1, 0.15) is 11.5 Å². The number of hydrogen-bond acceptors (Lipinski definition) is 5. The summed E-state index contributed by atoms with van der Waals surface area (Å²) in [5, 5.41) is 11.2. The topological polar surface area (TPSA) is 70.1 Å². The maximum Gasteiger partial charge on any atom is 0.295 e. The minimum absolute atomic E-state index is 0.127. The van der Waals surface area contributed by atoms with Gasteiger partial charge in [-0.25, -0.2) is 0 Å². The van der Waals surface area contributed by atoms with E-state index in [9.17, 15) is 14.7 Å². The quantitative estimate of drug-likeness (QED) is 0.344. The van der Waals surface area contributed by atoms with Crippen LogP contribution in [0.5, 0.6) is 5.75 Å². The molecule has 3 rings (SSSR count). The van der Waals surface area contributed by atoms with Gasteiger partial charge in [-0.15, -0.1) is 0 Å². The Morgan fingerprint density at radius 1 is 1.03 bits per heavy atom. The van der Waals surface area contributed by atoms with E-state index in [1.54, 1.807) is 36.3 Å². The van der Waals surface area contributed by atoms with Crippen molar-refractivity contribution in [2.75, 3.05) is 33.3 Å². The molecule has 0 saturated carbocycles. The van der Waals surface area contributed by atoms with Crippen molar-refractivity contribution in [3.05, 3.63) is 70.8 Å². The van der Waals surface area contributed by atoms with Gasteiger partial charge in [0.25, 0.3) is 11.7 Å². The first kappa shape index (κ1) is 24.5. The van der Waals surface area contributed by atoms with Gasteiger partial charge in [0.05, 0.1) is 18.7 Å². The van der Waals surface area contributed by atoms with Crippen LogP contribution in [0.4, 0.5) is 0 Å². The number of Topliss-reactive ketones (excluding diaryl/α,β-unsaturated/α-hetero) is 1. The van der Waals surface area contributed by atoms with Gasteiger partial charge in [0, 0.05) is 18.7 Å². The molecule has 1 saturated heterocycles. The van der Waals surface area contributed by atoms with Crippen LogP contribution in [0.15, 0.2) is 54.1 Å². The molecule has 1 aliphatic heterocycles. The first-order chi connectivity index (χ1) is 15.8. The first-order valence-electron chi connectivity index (χ1n) is 11.6. The third kappa shape index (κ3) is 5.11. The lowest BCUT2D eigenvalue weighted by molar-refractivity contribution is -0.140. The van der Waals surface area contributed by atoms with Crippen LogP contribution in [0.2, 0.25) is 0 Å². The number of rotatable bonds is 9. The fourth-order valence-corrected chi connectivity index (χ4v) is 4.21. The van der Waals surface area contributed by atoms with E-state index in [2.05, 4.69) is 32.6 Å². The number of aliphatic hydroxyl groups is 1. The van der Waals surface area contributed by atoms with Gasteiger partial charge in [-0.2, -0.15) is 0 Å². The second-order valence-corrected chi connectivity index (χ2v) is 8.57. The number of ether oxygens (including phenoxy) is 1. The number of amides is 1. The van der Waals surface area contributed by atoms with E-state index >= 15 is 0 Å². The number of benzene rings is 2. The molecule has 1 fully saturated rings. The molecule has 1 heterocycles. The molecule has 0 bridgehead atoms. The summed E-state index contributed by atoms with van der Waals surface area (Å²) in [7, 11) is 1.57. The van der Waals surface area contributed by atoms with E-state index < -0.39 is 17.7 Å². The number of hydrogen-bond donors (Lipinski definition) is 1. The maximum absolute atomic E-state index is 13.1. The van der Waals surface area contributed by atoms with E-state index in [1.807, 2.05) is 24.3 Å². The van der Waals surface area contributed by atoms with Crippen LogP contribution in [0.1, 0.15) is 56.3 Å². The fourth-order valence-electron chi connectivity index (χ4n) is 4.21. The van der Waals surface area contributed by atoms with Gasteiger partial charge in [-0.3, -0.25) is 9.59 Å². The highest BCUT2D eigenvalue weighted by molar-refractivity contribution is 6.46. The Kier molecular flexibility index (Phi) is 7.92. The third-order valence-corrected chi connectivity index (χ3v) is 6.37. The molecule has 1 aliphatic rings. The van der Waals surface area contributed by atoms with Gasteiger partial charge in [0.2, 0.25) is 0 Å². The predicted molar refractivity (Wildman–Crippen MR) is 130 cm³/mol. The van der Waals surface area contributed by atoms with Crippen LogP contribution in [0.25, 0.3) is 5.76 Å². The average molecular weight is 451 g/mol. The van der Waals surface area contributed by atoms with Crippen LogP contribution in [-0.4, -0.2) is 59.9 Å². The van der Waals surface area contributed by atoms with Gasteiger partial charge in [0.15, 0.2) is 0 Å². The summed E-state index contributed by atoms with van der Waals surface area (Å²) in [4.78, 5) is 30.0. The second kappa shape index (κ2) is 10.7. The summed E-state index contributed by atoms with van der Waals surface area (Å²) in [6.45, 7) is 11.2. The summed E-state index contributed by atoms with van der Waals surface area (Å²) in [5.41, 5.74) is 2.59. The van der Waals surface area contributed by atoms with E-state index in [0.717, 1.165) is 18.7 Å². The van der Waals surface area contributed by atoms with Crippen LogP contribution in [-0.2, 0) is 9.59 Å². The molecule has 33 heavy (non-hydrogen) atoms. The monoisotopic (exact) mass is 450 g/mol. The molecule has 6 nitrogen and oxygen atoms in total. The molecular formula is C27H34N2O4. The Labute approximate surface area is 196 Å². The normalized spacial score (nSPS) is 17.9. The molecule has 1 N–H and O–H groups in total. The molecule has 0 radical (unpaired) electrons. The largest absolute Gasteiger partial charge is 0.507 e. The minimum atomic E-state index is -0.652. The van der Waals surface area contributed by atoms with Gasteiger partial charge >= 0.3 is 0 Å². The van der Waals surface area contributed by atoms with Crippen molar-refractivity contribution in [1.82, 2.24) is 9.80 Å². The molecule has 1 amide bonds. The second-order valence-electron chi connectivity index (χ2n) is 8.57. The zero-order chi connectivity index (χ0) is 24.1. The van der Waals surface area contributed by atoms with Crippen molar-refractivity contribution in [3.8, 4) is 5.75 Å². The van der Waals surface area contributed by atoms with E-state index in [4.69, 9.17) is 4.74 Å². The number of carbonyl (C=O) groups is 2. The predicted octanol–water partition coefficient (Wildman–Crippen LogP) is 4.58. The summed E-state index contributed by atoms with van der Waals surface area (Å²) in [6, 6.07) is 14.2. The summed E-state index contributed by atoms with van der Waals surface area (Å²) >= 11 is 0. The van der Waals surface area contributed by atoms with Gasteiger partial charge in [-0.1, -0.05) is 52.0 Å². The minimum Gasteiger partial charge on any atom is -0.507 e. The molecular weight excluding hydrogens is 416 g/mol. The van der Waals surface area contributed by atoms with E-state index in [0.29, 0.717) is 30.3 Å². The molecule has 6 heteroatoms. The van der Waals surface area contributed by atoms with Crippen LogP contribution in [0, 0.1) is 0 Å². The highest BCUT2D eigenvalue weighted by Gasteiger charge is 2.45. The standard InChI is InChI=1S/C27H34N2O4/c1-6-28(7-2)16-17-29-24(20-10-8-19(9-11-20)18(3)4)23(26(31)27(29)32)25(30)21-12-14-22(33-5)15-13-21/h8-15,18,24,30H,6-7,16-17H2,1-5H3/b25-23-. The summed E-state index contributed by atoms with van der Waals surface area (Å²) < 4.78 is 5.19. The molecule has 0 aliphatic carbocycles. The number of carbonyl (C=O) groups excluding carboxylic acids is 2. The van der Waals surface area contributed by atoms with Crippen molar-refractivity contribution in [2.45, 2.75) is 39.7 Å². The lowest BCUT2D eigenvalue weighted by Gasteiger charge is -2.28. The van der Waals surface area contributed by atoms with Crippen molar-refractivity contribution >= 4 is 17.4 Å². The Balaban J connectivity index is 2.08. The molecule has 1 atom stereocenters. The smallest absolute Gasteiger partial charge is 0.295 e. The number of methoxy groups -OCH3 is 1. The fraction of sp³-hybridized carbons (Fsp3) is 0.407. The van der Waals surface area contributed by atoms with Crippen molar-refractivity contribution in [2.24, 2.45) is 0 Å². The van der Waals surface area contributed by atoms with Crippen LogP contribution < -0.4 is 4.74 Å². The number of ketones is 1.